The molecule has 1 N–H and O–H groups in total. The third-order valence-corrected chi connectivity index (χ3v) is 8.75. The summed E-state index contributed by atoms with van der Waals surface area (Å²) in [5, 5.41) is 2.92. The van der Waals surface area contributed by atoms with E-state index in [-0.39, 0.29) is 37.0 Å². The normalized spacial score (nSPS) is 13.1. The molecule has 1 aromatic heterocycles. The van der Waals surface area contributed by atoms with E-state index >= 15 is 0 Å². The van der Waals surface area contributed by atoms with Gasteiger partial charge in [-0.3, -0.25) is 9.78 Å². The van der Waals surface area contributed by atoms with Crippen LogP contribution in [0.5, 0.6) is 11.5 Å². The smallest absolute Gasteiger partial charge is 0.415 e. The lowest BCUT2D eigenvalue weighted by atomic mass is 9.99. The van der Waals surface area contributed by atoms with E-state index in [1.54, 1.807) is 48.0 Å². The number of hydrogen-bond acceptors (Lipinski definition) is 7. The number of aromatic nitrogens is 1. The number of carbonyl (C=O) groups is 3. The molecule has 7 rings (SSSR count). The second kappa shape index (κ2) is 18.7. The lowest BCUT2D eigenvalue weighted by Crippen LogP contribution is -2.31. The van der Waals surface area contributed by atoms with Crippen LogP contribution in [0.3, 0.4) is 0 Å². The fourth-order valence-corrected chi connectivity index (χ4v) is 6.29. The summed E-state index contributed by atoms with van der Waals surface area (Å²) >= 11 is 0. The lowest BCUT2D eigenvalue weighted by Gasteiger charge is -2.24. The van der Waals surface area contributed by atoms with E-state index < -0.39 is 12.2 Å². The van der Waals surface area contributed by atoms with E-state index in [0.29, 0.717) is 46.6 Å². The van der Waals surface area contributed by atoms with Gasteiger partial charge in [0, 0.05) is 43.8 Å². The summed E-state index contributed by atoms with van der Waals surface area (Å²) in [6.07, 6.45) is 2.10. The van der Waals surface area contributed by atoms with Crippen molar-refractivity contribution in [3.8, 4) is 11.5 Å². The third kappa shape index (κ3) is 9.33. The molecular formula is C43H47FN4O6. The van der Waals surface area contributed by atoms with Gasteiger partial charge in [0.1, 0.15) is 23.2 Å². The van der Waals surface area contributed by atoms with Crippen molar-refractivity contribution in [3.63, 3.8) is 0 Å². The first-order valence-electron chi connectivity index (χ1n) is 18.3. The molecular weight excluding hydrogens is 687 g/mol. The summed E-state index contributed by atoms with van der Waals surface area (Å²) in [4.78, 5) is 45.9. The Hall–Kier alpha value is -5.97. The quantitative estimate of drug-likeness (QED) is 0.169. The van der Waals surface area contributed by atoms with Crippen molar-refractivity contribution in [1.82, 2.24) is 20.1 Å². The largest absolute Gasteiger partial charge is 0.478 e. The van der Waals surface area contributed by atoms with Crippen LogP contribution >= 0.6 is 0 Å². The summed E-state index contributed by atoms with van der Waals surface area (Å²) in [7, 11) is 1.53. The summed E-state index contributed by atoms with van der Waals surface area (Å²) < 4.78 is 31.3. The van der Waals surface area contributed by atoms with E-state index in [0.717, 1.165) is 29.5 Å². The molecule has 0 radical (unpaired) electrons. The van der Waals surface area contributed by atoms with E-state index in [1.807, 2.05) is 80.6 Å². The van der Waals surface area contributed by atoms with Crippen molar-refractivity contribution >= 4 is 29.0 Å². The first-order valence-corrected chi connectivity index (χ1v) is 18.3. The molecule has 2 aliphatic rings. The average molecular weight is 735 g/mol. The van der Waals surface area contributed by atoms with Crippen molar-refractivity contribution < 1.29 is 33.0 Å². The first-order chi connectivity index (χ1) is 26.2. The number of hydrogen-bond donors (Lipinski definition) is 1. The van der Waals surface area contributed by atoms with Crippen LogP contribution in [0.2, 0.25) is 0 Å². The Labute approximate surface area is 315 Å². The standard InChI is InChI=1S/C36H30FN3O4.C5H11NO2.C2H6/c37-27-17-15-24(16-18-27)22-40-23-29-30(35(40)41)34(43-32(25-10-3-1-4-11-25)26-12-5-2-6-13-26)31-28(14-9-19-38-31)33(29)44-36(42)39-20-7-8-21-39;1-4(2)8-5(7)6-3;1-2/h1-6,9-19,32H,7-8,20-23H2;4H,1-3H3,(H,6,7);1-2H3. The fraction of sp³-hybridized carbons (Fsp3) is 0.302. The van der Waals surface area contributed by atoms with Crippen molar-refractivity contribution in [3.05, 3.63) is 137 Å². The summed E-state index contributed by atoms with van der Waals surface area (Å²) in [6, 6.07) is 29.4. The number of fused-ring (bicyclic) bond motifs is 2. The van der Waals surface area contributed by atoms with Crippen LogP contribution in [-0.4, -0.2) is 59.1 Å². The summed E-state index contributed by atoms with van der Waals surface area (Å²) in [5.41, 5.74) is 3.92. The third-order valence-electron chi connectivity index (χ3n) is 8.75. The molecule has 1 fully saturated rings. The maximum absolute atomic E-state index is 14.3. The molecule has 4 aromatic carbocycles. The van der Waals surface area contributed by atoms with Crippen LogP contribution in [0.4, 0.5) is 14.0 Å². The first kappa shape index (κ1) is 39.2. The number of nitrogens with one attached hydrogen (secondary N) is 1. The van der Waals surface area contributed by atoms with Crippen LogP contribution < -0.4 is 14.8 Å². The fourth-order valence-electron chi connectivity index (χ4n) is 6.29. The molecule has 0 bridgehead atoms. The molecule has 5 aromatic rings. The monoisotopic (exact) mass is 734 g/mol. The minimum absolute atomic E-state index is 0.0325. The number of alkyl carbamates (subject to hydrolysis) is 1. The zero-order valence-corrected chi connectivity index (χ0v) is 31.4. The van der Waals surface area contributed by atoms with Gasteiger partial charge < -0.3 is 29.3 Å². The molecule has 282 valence electrons. The molecule has 3 heterocycles. The maximum atomic E-state index is 14.3. The Morgan fingerprint density at radius 3 is 2.02 bits per heavy atom. The number of halogens is 1. The molecule has 1 saturated heterocycles. The van der Waals surface area contributed by atoms with Crippen LogP contribution in [-0.2, 0) is 17.8 Å². The Morgan fingerprint density at radius 2 is 1.46 bits per heavy atom. The summed E-state index contributed by atoms with van der Waals surface area (Å²) in [6.45, 7) is 9.30. The Bertz CT molecular complexity index is 1980. The van der Waals surface area contributed by atoms with Gasteiger partial charge in [0.25, 0.3) is 5.91 Å². The van der Waals surface area contributed by atoms with Gasteiger partial charge in [-0.1, -0.05) is 86.6 Å². The zero-order chi connectivity index (χ0) is 38.6. The lowest BCUT2D eigenvalue weighted by molar-refractivity contribution is 0.0762. The molecule has 0 aliphatic carbocycles. The summed E-state index contributed by atoms with van der Waals surface area (Å²) in [5.74, 6) is 0.0335. The highest BCUT2D eigenvalue weighted by Gasteiger charge is 2.38. The number of pyridine rings is 1. The van der Waals surface area contributed by atoms with Crippen molar-refractivity contribution in [2.24, 2.45) is 0 Å². The minimum Gasteiger partial charge on any atom is -0.478 e. The molecule has 3 amide bonds. The predicted octanol–water partition coefficient (Wildman–Crippen LogP) is 9.07. The van der Waals surface area contributed by atoms with Gasteiger partial charge in [-0.2, -0.15) is 0 Å². The molecule has 0 atom stereocenters. The SMILES string of the molecule is CC.CNC(=O)OC(C)C.O=C(Oc1c2c(c(OC(c3ccccc3)c3ccccc3)c3ncccc13)C(=O)N(Cc1ccc(F)cc1)C2)N1CCCC1. The van der Waals surface area contributed by atoms with Crippen molar-refractivity contribution in [2.45, 2.75) is 65.8 Å². The highest BCUT2D eigenvalue weighted by atomic mass is 19.1. The number of carbonyl (C=O) groups excluding carboxylic acids is 3. The number of nitrogens with zero attached hydrogens (tertiary/aromatic N) is 3. The van der Waals surface area contributed by atoms with Crippen LogP contribution in [0.1, 0.15) is 79.3 Å². The highest BCUT2D eigenvalue weighted by molar-refractivity contribution is 6.09. The van der Waals surface area contributed by atoms with Gasteiger partial charge in [-0.15, -0.1) is 0 Å². The van der Waals surface area contributed by atoms with E-state index in [1.165, 1.54) is 19.2 Å². The molecule has 0 unspecified atom stereocenters. The van der Waals surface area contributed by atoms with Gasteiger partial charge in [0.2, 0.25) is 0 Å². The highest BCUT2D eigenvalue weighted by Crippen LogP contribution is 2.46. The predicted molar refractivity (Wildman–Crippen MR) is 206 cm³/mol. The van der Waals surface area contributed by atoms with E-state index in [2.05, 4.69) is 15.0 Å². The number of likely N-dealkylation sites (tertiary alicyclic amines) is 1. The van der Waals surface area contributed by atoms with Gasteiger partial charge in [0.15, 0.2) is 5.75 Å². The van der Waals surface area contributed by atoms with E-state index in [4.69, 9.17) is 9.47 Å². The minimum atomic E-state index is -0.538. The molecule has 0 spiro atoms. The molecule has 54 heavy (non-hydrogen) atoms. The van der Waals surface area contributed by atoms with Gasteiger partial charge in [-0.25, -0.2) is 14.0 Å². The number of ether oxygens (including phenoxy) is 3. The van der Waals surface area contributed by atoms with E-state index in [9.17, 15) is 18.8 Å². The number of amides is 3. The average Bonchev–Trinajstić information content (AvgIpc) is 3.86. The zero-order valence-electron chi connectivity index (χ0n) is 31.4. The topological polar surface area (TPSA) is 110 Å². The Morgan fingerprint density at radius 1 is 0.852 bits per heavy atom. The molecule has 11 heteroatoms. The van der Waals surface area contributed by atoms with Crippen molar-refractivity contribution in [1.29, 1.82) is 0 Å². The van der Waals surface area contributed by atoms with Crippen LogP contribution in [0, 0.1) is 5.82 Å². The second-order valence-electron chi connectivity index (χ2n) is 12.8. The Balaban J connectivity index is 0.000000500. The Kier molecular flexibility index (Phi) is 13.6. The van der Waals surface area contributed by atoms with Gasteiger partial charge in [-0.05, 0) is 67.6 Å². The molecule has 0 saturated carbocycles. The number of rotatable bonds is 8. The molecule has 10 nitrogen and oxygen atoms in total. The number of benzene rings is 4. The maximum Gasteiger partial charge on any atom is 0.415 e. The van der Waals surface area contributed by atoms with Gasteiger partial charge in [0.05, 0.1) is 18.2 Å². The van der Waals surface area contributed by atoms with Gasteiger partial charge >= 0.3 is 12.2 Å². The molecule has 2 aliphatic heterocycles. The van der Waals surface area contributed by atoms with Crippen LogP contribution in [0.15, 0.2) is 103 Å². The second-order valence-corrected chi connectivity index (χ2v) is 12.8. The van der Waals surface area contributed by atoms with Crippen LogP contribution in [0.25, 0.3) is 10.9 Å². The van der Waals surface area contributed by atoms with Crippen molar-refractivity contribution in [2.75, 3.05) is 20.1 Å².